The normalized spacial score (nSPS) is 11.7. The molecule has 1 N–H and O–H groups in total. The van der Waals surface area contributed by atoms with E-state index in [1.54, 1.807) is 24.3 Å². The van der Waals surface area contributed by atoms with Crippen LogP contribution in [-0.2, 0) is 12.8 Å². The minimum atomic E-state index is -4.54. The fourth-order valence-electron chi connectivity index (χ4n) is 2.38. The van der Waals surface area contributed by atoms with Gasteiger partial charge < -0.3 is 5.11 Å². The number of hydrogen-bond acceptors (Lipinski definition) is 3. The zero-order valence-electron chi connectivity index (χ0n) is 12.1. The standard InChI is InChI=1S/C16H11ClF3N3O/c17-11-7-5-10(6-8-11)15-13(9-24)21-22-23(15)14-4-2-1-3-12(14)16(18,19)20/h1-8,24H,9H2. The number of halogens is 4. The molecule has 3 rings (SSSR count). The summed E-state index contributed by atoms with van der Waals surface area (Å²) in [6, 6.07) is 11.5. The number of hydrogen-bond donors (Lipinski definition) is 1. The summed E-state index contributed by atoms with van der Waals surface area (Å²) in [5.41, 5.74) is 0.00217. The molecule has 0 aliphatic heterocycles. The van der Waals surface area contributed by atoms with Crippen molar-refractivity contribution in [2.75, 3.05) is 0 Å². The Balaban J connectivity index is 2.25. The summed E-state index contributed by atoms with van der Waals surface area (Å²) in [6.07, 6.45) is -4.54. The number of para-hydroxylation sites is 1. The number of aliphatic hydroxyl groups excluding tert-OH is 1. The summed E-state index contributed by atoms with van der Waals surface area (Å²) < 4.78 is 40.9. The van der Waals surface area contributed by atoms with Gasteiger partial charge in [-0.15, -0.1) is 5.10 Å². The quantitative estimate of drug-likeness (QED) is 0.771. The molecule has 0 radical (unpaired) electrons. The molecule has 1 aromatic heterocycles. The molecule has 0 atom stereocenters. The first-order valence-corrected chi connectivity index (χ1v) is 7.27. The average Bonchev–Trinajstić information content (AvgIpc) is 2.98. The van der Waals surface area contributed by atoms with E-state index in [2.05, 4.69) is 10.3 Å². The largest absolute Gasteiger partial charge is 0.418 e. The predicted octanol–water partition coefficient (Wildman–Crippen LogP) is 4.10. The summed E-state index contributed by atoms with van der Waals surface area (Å²) in [7, 11) is 0. The smallest absolute Gasteiger partial charge is 0.390 e. The minimum absolute atomic E-state index is 0.165. The second-order valence-electron chi connectivity index (χ2n) is 4.98. The first kappa shape index (κ1) is 16.5. The topological polar surface area (TPSA) is 50.9 Å². The summed E-state index contributed by atoms with van der Waals surface area (Å²) in [4.78, 5) is 0. The van der Waals surface area contributed by atoms with E-state index in [9.17, 15) is 18.3 Å². The number of aliphatic hydroxyl groups is 1. The molecule has 0 aliphatic carbocycles. The first-order valence-electron chi connectivity index (χ1n) is 6.90. The van der Waals surface area contributed by atoms with Crippen molar-refractivity contribution < 1.29 is 18.3 Å². The predicted molar refractivity (Wildman–Crippen MR) is 82.7 cm³/mol. The highest BCUT2D eigenvalue weighted by molar-refractivity contribution is 6.30. The van der Waals surface area contributed by atoms with Gasteiger partial charge in [-0.05, 0) is 24.3 Å². The van der Waals surface area contributed by atoms with Gasteiger partial charge in [-0.1, -0.05) is 41.1 Å². The Morgan fingerprint density at radius 2 is 1.71 bits per heavy atom. The highest BCUT2D eigenvalue weighted by Gasteiger charge is 2.34. The lowest BCUT2D eigenvalue weighted by atomic mass is 10.1. The van der Waals surface area contributed by atoms with Gasteiger partial charge in [0.05, 0.1) is 17.9 Å². The average molecular weight is 354 g/mol. The van der Waals surface area contributed by atoms with E-state index in [4.69, 9.17) is 11.6 Å². The molecule has 0 bridgehead atoms. The molecular weight excluding hydrogens is 343 g/mol. The highest BCUT2D eigenvalue weighted by atomic mass is 35.5. The lowest BCUT2D eigenvalue weighted by molar-refractivity contribution is -0.137. The van der Waals surface area contributed by atoms with Crippen LogP contribution in [0.4, 0.5) is 13.2 Å². The van der Waals surface area contributed by atoms with E-state index in [0.717, 1.165) is 10.7 Å². The third-order valence-corrected chi connectivity index (χ3v) is 3.70. The van der Waals surface area contributed by atoms with Crippen LogP contribution < -0.4 is 0 Å². The van der Waals surface area contributed by atoms with Gasteiger partial charge in [-0.2, -0.15) is 13.2 Å². The molecule has 1 heterocycles. The van der Waals surface area contributed by atoms with Crippen molar-refractivity contribution in [3.05, 3.63) is 64.8 Å². The van der Waals surface area contributed by atoms with Crippen LogP contribution in [-0.4, -0.2) is 20.1 Å². The number of benzene rings is 2. The highest BCUT2D eigenvalue weighted by Crippen LogP contribution is 2.35. The van der Waals surface area contributed by atoms with E-state index in [0.29, 0.717) is 10.6 Å². The van der Waals surface area contributed by atoms with Crippen LogP contribution in [0, 0.1) is 0 Å². The van der Waals surface area contributed by atoms with Crippen molar-refractivity contribution in [1.82, 2.24) is 15.0 Å². The lowest BCUT2D eigenvalue weighted by Gasteiger charge is -2.14. The Hall–Kier alpha value is -2.38. The lowest BCUT2D eigenvalue weighted by Crippen LogP contribution is -2.12. The van der Waals surface area contributed by atoms with E-state index in [1.165, 1.54) is 18.2 Å². The Labute approximate surface area is 140 Å². The van der Waals surface area contributed by atoms with Crippen molar-refractivity contribution in [2.24, 2.45) is 0 Å². The number of alkyl halides is 3. The van der Waals surface area contributed by atoms with Crippen molar-refractivity contribution in [3.8, 4) is 16.9 Å². The van der Waals surface area contributed by atoms with Crippen LogP contribution in [0.5, 0.6) is 0 Å². The molecule has 0 amide bonds. The molecule has 0 saturated carbocycles. The minimum Gasteiger partial charge on any atom is -0.390 e. The Morgan fingerprint density at radius 3 is 2.33 bits per heavy atom. The third-order valence-electron chi connectivity index (χ3n) is 3.45. The molecule has 0 saturated heterocycles. The molecule has 3 aromatic rings. The van der Waals surface area contributed by atoms with Crippen molar-refractivity contribution in [3.63, 3.8) is 0 Å². The van der Waals surface area contributed by atoms with E-state index >= 15 is 0 Å². The Kier molecular flexibility index (Phi) is 4.29. The van der Waals surface area contributed by atoms with Gasteiger partial charge in [0.2, 0.25) is 0 Å². The maximum atomic E-state index is 13.3. The van der Waals surface area contributed by atoms with Crippen LogP contribution in [0.2, 0.25) is 5.02 Å². The van der Waals surface area contributed by atoms with Crippen LogP contribution in [0.15, 0.2) is 48.5 Å². The molecule has 124 valence electrons. The second-order valence-corrected chi connectivity index (χ2v) is 5.41. The van der Waals surface area contributed by atoms with Crippen molar-refractivity contribution >= 4 is 11.6 Å². The van der Waals surface area contributed by atoms with Crippen LogP contribution in [0.3, 0.4) is 0 Å². The van der Waals surface area contributed by atoms with Crippen molar-refractivity contribution in [1.29, 1.82) is 0 Å². The van der Waals surface area contributed by atoms with E-state index < -0.39 is 18.3 Å². The molecule has 24 heavy (non-hydrogen) atoms. The molecule has 2 aromatic carbocycles. The van der Waals surface area contributed by atoms with Gasteiger partial charge in [0.1, 0.15) is 11.4 Å². The zero-order chi connectivity index (χ0) is 17.3. The van der Waals surface area contributed by atoms with E-state index in [1.807, 2.05) is 0 Å². The Bertz CT molecular complexity index is 860. The van der Waals surface area contributed by atoms with Gasteiger partial charge >= 0.3 is 6.18 Å². The fraction of sp³-hybridized carbons (Fsp3) is 0.125. The first-order chi connectivity index (χ1) is 11.4. The zero-order valence-corrected chi connectivity index (χ0v) is 12.9. The molecule has 8 heteroatoms. The Morgan fingerprint density at radius 1 is 1.04 bits per heavy atom. The number of rotatable bonds is 3. The monoisotopic (exact) mass is 353 g/mol. The van der Waals surface area contributed by atoms with Gasteiger partial charge in [-0.25, -0.2) is 4.68 Å². The molecule has 0 unspecified atom stereocenters. The molecule has 0 aliphatic rings. The maximum Gasteiger partial charge on any atom is 0.418 e. The van der Waals surface area contributed by atoms with Gasteiger partial charge in [0.25, 0.3) is 0 Å². The molecular formula is C16H11ClF3N3O. The molecule has 0 fully saturated rings. The van der Waals surface area contributed by atoms with E-state index in [-0.39, 0.29) is 17.1 Å². The summed E-state index contributed by atoms with van der Waals surface area (Å²) in [6.45, 7) is -0.452. The van der Waals surface area contributed by atoms with Gasteiger partial charge in [0.15, 0.2) is 0 Å². The van der Waals surface area contributed by atoms with Crippen LogP contribution >= 0.6 is 11.6 Å². The van der Waals surface area contributed by atoms with Crippen molar-refractivity contribution in [2.45, 2.75) is 12.8 Å². The third kappa shape index (κ3) is 3.00. The fourth-order valence-corrected chi connectivity index (χ4v) is 2.51. The number of aromatic nitrogens is 3. The number of nitrogens with zero attached hydrogens (tertiary/aromatic N) is 3. The summed E-state index contributed by atoms with van der Waals surface area (Å²) in [5.74, 6) is 0. The van der Waals surface area contributed by atoms with Gasteiger partial charge in [-0.3, -0.25) is 0 Å². The summed E-state index contributed by atoms with van der Waals surface area (Å²) in [5, 5.41) is 17.5. The second kappa shape index (κ2) is 6.26. The molecule has 4 nitrogen and oxygen atoms in total. The molecule has 0 spiro atoms. The van der Waals surface area contributed by atoms with Crippen LogP contribution in [0.25, 0.3) is 16.9 Å². The van der Waals surface area contributed by atoms with Crippen LogP contribution in [0.1, 0.15) is 11.3 Å². The summed E-state index contributed by atoms with van der Waals surface area (Å²) >= 11 is 5.85. The maximum absolute atomic E-state index is 13.3. The van der Waals surface area contributed by atoms with Gasteiger partial charge in [0, 0.05) is 10.6 Å². The SMILES string of the molecule is OCc1nnn(-c2ccccc2C(F)(F)F)c1-c1ccc(Cl)cc1.